The van der Waals surface area contributed by atoms with E-state index in [2.05, 4.69) is 26.1 Å². The van der Waals surface area contributed by atoms with Gasteiger partial charge in [0.15, 0.2) is 0 Å². The lowest BCUT2D eigenvalue weighted by atomic mass is 9.45. The Hall–Kier alpha value is -1.33. The van der Waals surface area contributed by atoms with Gasteiger partial charge in [0.1, 0.15) is 4.88 Å². The number of alkyl halides is 3. The van der Waals surface area contributed by atoms with Gasteiger partial charge in [0.05, 0.1) is 0 Å². The number of halogens is 3. The first-order valence-corrected chi connectivity index (χ1v) is 10.5. The van der Waals surface area contributed by atoms with E-state index in [0.717, 1.165) is 34.5 Å². The molecule has 3 fully saturated rings. The van der Waals surface area contributed by atoms with Crippen LogP contribution in [0.2, 0.25) is 0 Å². The van der Waals surface area contributed by atoms with Gasteiger partial charge in [-0.05, 0) is 47.6 Å². The molecule has 0 amide bonds. The monoisotopic (exact) mass is 393 g/mol. The minimum absolute atomic E-state index is 0.297. The molecule has 3 aliphatic rings. The molecule has 27 heavy (non-hydrogen) atoms. The van der Waals surface area contributed by atoms with E-state index in [-0.39, 0.29) is 0 Å². The van der Waals surface area contributed by atoms with Crippen LogP contribution in [-0.2, 0) is 12.7 Å². The summed E-state index contributed by atoms with van der Waals surface area (Å²) in [6.45, 7) is 7.53. The number of nitrogens with one attached hydrogen (secondary N) is 1. The Morgan fingerprint density at radius 3 is 2.44 bits per heavy atom. The molecule has 3 aliphatic carbocycles. The van der Waals surface area contributed by atoms with Gasteiger partial charge in [-0.15, -0.1) is 11.3 Å². The SMILES string of the molecule is C[C@@H]1[C@H]2CC(C[C@H]1NCc1cc(-c3ccccc3)c(C(F)(F)F)s1)C2(C)C. The largest absolute Gasteiger partial charge is 0.426 e. The van der Waals surface area contributed by atoms with Gasteiger partial charge in [-0.2, -0.15) is 13.2 Å². The van der Waals surface area contributed by atoms with Crippen LogP contribution >= 0.6 is 11.3 Å². The lowest BCUT2D eigenvalue weighted by Gasteiger charge is -2.62. The first kappa shape index (κ1) is 19.0. The van der Waals surface area contributed by atoms with Gasteiger partial charge in [-0.3, -0.25) is 0 Å². The molecule has 1 aromatic heterocycles. The van der Waals surface area contributed by atoms with E-state index in [0.29, 0.717) is 35.0 Å². The predicted molar refractivity (Wildman–Crippen MR) is 105 cm³/mol. The summed E-state index contributed by atoms with van der Waals surface area (Å²) in [6.07, 6.45) is -1.88. The first-order valence-electron chi connectivity index (χ1n) is 9.66. The Kier molecular flexibility index (Phi) is 4.66. The van der Waals surface area contributed by atoms with Crippen LogP contribution in [0.5, 0.6) is 0 Å². The van der Waals surface area contributed by atoms with E-state index in [4.69, 9.17) is 0 Å². The molecule has 1 aromatic carbocycles. The van der Waals surface area contributed by atoms with E-state index < -0.39 is 11.1 Å². The molecule has 0 radical (unpaired) electrons. The number of hydrogen-bond acceptors (Lipinski definition) is 2. The highest BCUT2D eigenvalue weighted by Gasteiger charge is 2.56. The summed E-state index contributed by atoms with van der Waals surface area (Å²) in [5.74, 6) is 2.04. The number of fused-ring (bicyclic) bond motifs is 2. The maximum Gasteiger partial charge on any atom is 0.426 e. The molecule has 1 unspecified atom stereocenters. The lowest BCUT2D eigenvalue weighted by molar-refractivity contribution is -0.133. The van der Waals surface area contributed by atoms with Crippen LogP contribution < -0.4 is 5.32 Å². The second-order valence-electron chi connectivity index (χ2n) is 8.76. The zero-order valence-corrected chi connectivity index (χ0v) is 16.8. The van der Waals surface area contributed by atoms with Crippen LogP contribution in [0.25, 0.3) is 11.1 Å². The zero-order chi connectivity index (χ0) is 19.4. The van der Waals surface area contributed by atoms with Crippen LogP contribution in [0.4, 0.5) is 13.2 Å². The Balaban J connectivity index is 1.51. The third-order valence-corrected chi connectivity index (χ3v) is 8.20. The van der Waals surface area contributed by atoms with Gasteiger partial charge < -0.3 is 5.32 Å². The average Bonchev–Trinajstić information content (AvgIpc) is 3.06. The van der Waals surface area contributed by atoms with E-state index in [9.17, 15) is 13.2 Å². The zero-order valence-electron chi connectivity index (χ0n) is 15.9. The van der Waals surface area contributed by atoms with Crippen molar-refractivity contribution >= 4 is 11.3 Å². The molecule has 5 rings (SSSR count). The minimum atomic E-state index is -4.32. The number of benzene rings is 1. The van der Waals surface area contributed by atoms with E-state index in [1.54, 1.807) is 30.3 Å². The molecule has 0 spiro atoms. The van der Waals surface area contributed by atoms with Gasteiger partial charge >= 0.3 is 6.18 Å². The Labute approximate surface area is 163 Å². The third kappa shape index (κ3) is 3.33. The summed E-state index contributed by atoms with van der Waals surface area (Å²) in [7, 11) is 0. The molecule has 2 bridgehead atoms. The number of hydrogen-bond donors (Lipinski definition) is 1. The van der Waals surface area contributed by atoms with Gasteiger partial charge in [0, 0.05) is 23.0 Å². The maximum atomic E-state index is 13.5. The van der Waals surface area contributed by atoms with Crippen LogP contribution in [-0.4, -0.2) is 6.04 Å². The molecule has 0 aliphatic heterocycles. The standard InChI is InChI=1S/C22H26F3NS/c1-13-18-9-15(21(18,2)3)10-19(13)26-12-16-11-17(14-7-5-4-6-8-14)20(27-16)22(23,24)25/h4-8,11,13,15,18-19,26H,9-10,12H2,1-3H3/t13-,15?,18-,19-/m1/s1. The molecule has 3 saturated carbocycles. The molecular formula is C22H26F3NS. The fourth-order valence-electron chi connectivity index (χ4n) is 5.22. The van der Waals surface area contributed by atoms with Crippen LogP contribution in [0.3, 0.4) is 0 Å². The second kappa shape index (κ2) is 6.63. The normalized spacial score (nSPS) is 29.4. The summed E-state index contributed by atoms with van der Waals surface area (Å²) in [4.78, 5) is 0.262. The molecule has 1 N–H and O–H groups in total. The number of rotatable bonds is 4. The van der Waals surface area contributed by atoms with Gasteiger partial charge in [-0.25, -0.2) is 0 Å². The summed E-state index contributed by atoms with van der Waals surface area (Å²) in [5, 5.41) is 3.57. The average molecular weight is 394 g/mol. The summed E-state index contributed by atoms with van der Waals surface area (Å²) in [5.41, 5.74) is 1.34. The molecular weight excluding hydrogens is 367 g/mol. The van der Waals surface area contributed by atoms with Crippen molar-refractivity contribution in [3.63, 3.8) is 0 Å². The maximum absolute atomic E-state index is 13.5. The molecule has 4 atom stereocenters. The first-order chi connectivity index (χ1) is 12.7. The summed E-state index contributed by atoms with van der Waals surface area (Å²) in [6, 6.07) is 11.0. The molecule has 146 valence electrons. The third-order valence-electron chi connectivity index (χ3n) is 7.02. The molecule has 1 nitrogen and oxygen atoms in total. The Bertz CT molecular complexity index is 809. The fourth-order valence-corrected chi connectivity index (χ4v) is 6.22. The second-order valence-corrected chi connectivity index (χ2v) is 9.90. The minimum Gasteiger partial charge on any atom is -0.309 e. The van der Waals surface area contributed by atoms with Crippen LogP contribution in [0.15, 0.2) is 36.4 Å². The van der Waals surface area contributed by atoms with Crippen LogP contribution in [0, 0.1) is 23.2 Å². The summed E-state index contributed by atoms with van der Waals surface area (Å²) >= 11 is 0.875. The predicted octanol–water partition coefficient (Wildman–Crippen LogP) is 6.59. The van der Waals surface area contributed by atoms with Crippen molar-refractivity contribution in [2.24, 2.45) is 23.2 Å². The molecule has 2 aromatic rings. The van der Waals surface area contributed by atoms with E-state index >= 15 is 0 Å². The lowest BCUT2D eigenvalue weighted by Crippen LogP contribution is -2.59. The quantitative estimate of drug-likeness (QED) is 0.617. The van der Waals surface area contributed by atoms with Crippen molar-refractivity contribution in [1.82, 2.24) is 5.32 Å². The van der Waals surface area contributed by atoms with Crippen molar-refractivity contribution in [2.75, 3.05) is 0 Å². The Morgan fingerprint density at radius 2 is 1.85 bits per heavy atom. The smallest absolute Gasteiger partial charge is 0.309 e. The topological polar surface area (TPSA) is 12.0 Å². The Morgan fingerprint density at radius 1 is 1.15 bits per heavy atom. The van der Waals surface area contributed by atoms with Crippen molar-refractivity contribution in [1.29, 1.82) is 0 Å². The highest BCUT2D eigenvalue weighted by Crippen LogP contribution is 2.61. The van der Waals surface area contributed by atoms with Crippen molar-refractivity contribution in [3.8, 4) is 11.1 Å². The fraction of sp³-hybridized carbons (Fsp3) is 0.545. The van der Waals surface area contributed by atoms with Crippen molar-refractivity contribution in [2.45, 2.75) is 52.4 Å². The van der Waals surface area contributed by atoms with E-state index in [1.165, 1.54) is 6.42 Å². The van der Waals surface area contributed by atoms with Crippen LogP contribution in [0.1, 0.15) is 43.4 Å². The van der Waals surface area contributed by atoms with Gasteiger partial charge in [-0.1, -0.05) is 51.1 Å². The highest BCUT2D eigenvalue weighted by atomic mass is 32.1. The molecule has 0 saturated heterocycles. The van der Waals surface area contributed by atoms with Gasteiger partial charge in [0.25, 0.3) is 0 Å². The number of thiophene rings is 1. The van der Waals surface area contributed by atoms with Gasteiger partial charge in [0.2, 0.25) is 0 Å². The molecule has 5 heteroatoms. The van der Waals surface area contributed by atoms with Crippen molar-refractivity contribution < 1.29 is 13.2 Å². The summed E-state index contributed by atoms with van der Waals surface area (Å²) < 4.78 is 40.6. The van der Waals surface area contributed by atoms with Crippen molar-refractivity contribution in [3.05, 3.63) is 46.2 Å². The van der Waals surface area contributed by atoms with E-state index in [1.807, 2.05) is 6.07 Å². The highest BCUT2D eigenvalue weighted by molar-refractivity contribution is 7.12. The molecule has 1 heterocycles.